The van der Waals surface area contributed by atoms with Gasteiger partial charge in [-0.2, -0.15) is 4.31 Å². The topological polar surface area (TPSA) is 59.1 Å². The van der Waals surface area contributed by atoms with Crippen LogP contribution >= 0.6 is 15.9 Å². The fourth-order valence-corrected chi connectivity index (χ4v) is 5.27. The largest absolute Gasteiger partial charge is 0.495 e. The Labute approximate surface area is 168 Å². The Morgan fingerprint density at radius 1 is 1.04 bits per heavy atom. The predicted molar refractivity (Wildman–Crippen MR) is 109 cm³/mol. The third-order valence-corrected chi connectivity index (χ3v) is 6.90. The molecule has 0 aliphatic carbocycles. The fourth-order valence-electron chi connectivity index (χ4n) is 3.16. The van der Waals surface area contributed by atoms with Gasteiger partial charge < -0.3 is 14.4 Å². The molecule has 0 unspecified atom stereocenters. The first-order chi connectivity index (χ1) is 13.0. The molecular weight excluding hydrogens is 432 g/mol. The fraction of sp³-hybridized carbons (Fsp3) is 0.368. The lowest BCUT2D eigenvalue weighted by Crippen LogP contribution is -2.48. The molecule has 2 aromatic rings. The van der Waals surface area contributed by atoms with E-state index in [0.717, 1.165) is 11.4 Å². The molecule has 1 fully saturated rings. The molecule has 27 heavy (non-hydrogen) atoms. The standard InChI is InChI=1S/C19H23BrN2O4S/c1-3-26-17-7-5-4-6-16(17)21-10-12-22(13-11-21)27(23,24)19-14-15(20)8-9-18(19)25-2/h4-9,14H,3,10-13H2,1-2H3. The molecule has 0 bridgehead atoms. The van der Waals surface area contributed by atoms with Crippen molar-refractivity contribution in [1.29, 1.82) is 0 Å². The van der Waals surface area contributed by atoms with Gasteiger partial charge in [0.15, 0.2) is 0 Å². The molecule has 2 aromatic carbocycles. The van der Waals surface area contributed by atoms with E-state index in [0.29, 0.717) is 43.0 Å². The minimum Gasteiger partial charge on any atom is -0.495 e. The quantitative estimate of drug-likeness (QED) is 0.669. The molecule has 1 saturated heterocycles. The molecule has 0 radical (unpaired) electrons. The van der Waals surface area contributed by atoms with Gasteiger partial charge in [-0.3, -0.25) is 0 Å². The minimum absolute atomic E-state index is 0.183. The van der Waals surface area contributed by atoms with E-state index >= 15 is 0 Å². The van der Waals surface area contributed by atoms with Crippen molar-refractivity contribution in [3.05, 3.63) is 46.9 Å². The Hall–Kier alpha value is -1.77. The summed E-state index contributed by atoms with van der Waals surface area (Å²) in [7, 11) is -2.16. The number of ether oxygens (including phenoxy) is 2. The van der Waals surface area contributed by atoms with Gasteiger partial charge >= 0.3 is 0 Å². The third kappa shape index (κ3) is 4.23. The predicted octanol–water partition coefficient (Wildman–Crippen LogP) is 3.37. The van der Waals surface area contributed by atoms with E-state index in [2.05, 4.69) is 20.8 Å². The summed E-state index contributed by atoms with van der Waals surface area (Å²) in [6, 6.07) is 12.9. The van der Waals surface area contributed by atoms with Crippen molar-refractivity contribution in [1.82, 2.24) is 4.31 Å². The number of rotatable bonds is 6. The Kier molecular flexibility index (Phi) is 6.29. The smallest absolute Gasteiger partial charge is 0.246 e. The molecule has 6 nitrogen and oxygen atoms in total. The Balaban J connectivity index is 1.79. The van der Waals surface area contributed by atoms with E-state index in [4.69, 9.17) is 9.47 Å². The lowest BCUT2D eigenvalue weighted by Gasteiger charge is -2.36. The lowest BCUT2D eigenvalue weighted by molar-refractivity contribution is 0.336. The maximum Gasteiger partial charge on any atom is 0.246 e. The summed E-state index contributed by atoms with van der Waals surface area (Å²) in [5.41, 5.74) is 0.997. The maximum absolute atomic E-state index is 13.1. The average Bonchev–Trinajstić information content (AvgIpc) is 2.69. The molecule has 1 aliphatic rings. The molecule has 146 valence electrons. The molecule has 0 spiro atoms. The zero-order valence-electron chi connectivity index (χ0n) is 15.4. The maximum atomic E-state index is 13.1. The summed E-state index contributed by atoms with van der Waals surface area (Å²) in [6.07, 6.45) is 0. The van der Waals surface area contributed by atoms with Crippen LogP contribution < -0.4 is 14.4 Å². The van der Waals surface area contributed by atoms with Gasteiger partial charge in [0.05, 0.1) is 19.4 Å². The molecule has 1 aliphatic heterocycles. The highest BCUT2D eigenvalue weighted by Gasteiger charge is 2.31. The molecule has 1 heterocycles. The molecular formula is C19H23BrN2O4S. The molecule has 0 amide bonds. The van der Waals surface area contributed by atoms with Gasteiger partial charge in [-0.15, -0.1) is 0 Å². The Bertz CT molecular complexity index is 896. The zero-order valence-corrected chi connectivity index (χ0v) is 17.8. The second-order valence-electron chi connectivity index (χ2n) is 6.09. The number of anilines is 1. The van der Waals surface area contributed by atoms with E-state index in [9.17, 15) is 8.42 Å². The second kappa shape index (κ2) is 8.50. The Morgan fingerprint density at radius 3 is 2.41 bits per heavy atom. The van der Waals surface area contributed by atoms with Crippen LogP contribution in [0.15, 0.2) is 51.8 Å². The van der Waals surface area contributed by atoms with E-state index in [1.807, 2.05) is 31.2 Å². The number of methoxy groups -OCH3 is 1. The average molecular weight is 455 g/mol. The molecule has 8 heteroatoms. The highest BCUT2D eigenvalue weighted by atomic mass is 79.9. The van der Waals surface area contributed by atoms with Gasteiger partial charge in [-0.25, -0.2) is 8.42 Å². The number of para-hydroxylation sites is 2. The SMILES string of the molecule is CCOc1ccccc1N1CCN(S(=O)(=O)c2cc(Br)ccc2OC)CC1. The van der Waals surface area contributed by atoms with Crippen LogP contribution in [0.5, 0.6) is 11.5 Å². The van der Waals surface area contributed by atoms with Gasteiger partial charge in [-0.1, -0.05) is 28.1 Å². The van der Waals surface area contributed by atoms with Gasteiger partial charge in [0.1, 0.15) is 16.4 Å². The zero-order chi connectivity index (χ0) is 19.4. The van der Waals surface area contributed by atoms with E-state index < -0.39 is 10.0 Å². The second-order valence-corrected chi connectivity index (χ2v) is 8.91. The number of hydrogen-bond donors (Lipinski definition) is 0. The van der Waals surface area contributed by atoms with Crippen molar-refractivity contribution < 1.29 is 17.9 Å². The first kappa shape index (κ1) is 20.0. The van der Waals surface area contributed by atoms with Crippen molar-refractivity contribution >= 4 is 31.6 Å². The summed E-state index contributed by atoms with van der Waals surface area (Å²) in [5.74, 6) is 1.17. The van der Waals surface area contributed by atoms with Crippen LogP contribution in [0.1, 0.15) is 6.92 Å². The lowest BCUT2D eigenvalue weighted by atomic mass is 10.2. The summed E-state index contributed by atoms with van der Waals surface area (Å²) >= 11 is 3.34. The summed E-state index contributed by atoms with van der Waals surface area (Å²) in [4.78, 5) is 2.34. The number of nitrogens with zero attached hydrogens (tertiary/aromatic N) is 2. The van der Waals surface area contributed by atoms with Crippen LogP contribution in [0.25, 0.3) is 0 Å². The number of benzene rings is 2. The van der Waals surface area contributed by atoms with Crippen LogP contribution in [0.2, 0.25) is 0 Å². The van der Waals surface area contributed by atoms with E-state index in [-0.39, 0.29) is 4.90 Å². The first-order valence-corrected chi connectivity index (χ1v) is 11.0. The van der Waals surface area contributed by atoms with Crippen LogP contribution in [-0.2, 0) is 10.0 Å². The van der Waals surface area contributed by atoms with Crippen molar-refractivity contribution in [2.45, 2.75) is 11.8 Å². The number of hydrogen-bond acceptors (Lipinski definition) is 5. The van der Waals surface area contributed by atoms with Crippen LogP contribution in [0.4, 0.5) is 5.69 Å². The van der Waals surface area contributed by atoms with Crippen LogP contribution in [0.3, 0.4) is 0 Å². The van der Waals surface area contributed by atoms with Gasteiger partial charge in [0, 0.05) is 30.7 Å². The number of halogens is 1. The van der Waals surface area contributed by atoms with Crippen molar-refractivity contribution in [3.63, 3.8) is 0 Å². The van der Waals surface area contributed by atoms with Crippen LogP contribution in [0, 0.1) is 0 Å². The third-order valence-electron chi connectivity index (χ3n) is 4.49. The van der Waals surface area contributed by atoms with Crippen molar-refractivity contribution in [2.24, 2.45) is 0 Å². The molecule has 3 rings (SSSR count). The molecule has 0 saturated carbocycles. The van der Waals surface area contributed by atoms with E-state index in [1.165, 1.54) is 11.4 Å². The highest BCUT2D eigenvalue weighted by Crippen LogP contribution is 2.32. The summed E-state index contributed by atoms with van der Waals surface area (Å²) in [6.45, 7) is 4.54. The van der Waals surface area contributed by atoms with Crippen molar-refractivity contribution in [3.8, 4) is 11.5 Å². The monoisotopic (exact) mass is 454 g/mol. The number of piperazine rings is 1. The minimum atomic E-state index is -3.63. The summed E-state index contributed by atoms with van der Waals surface area (Å²) in [5, 5.41) is 0. The molecule has 0 atom stereocenters. The van der Waals surface area contributed by atoms with Crippen LogP contribution in [-0.4, -0.2) is 52.6 Å². The van der Waals surface area contributed by atoms with E-state index in [1.54, 1.807) is 18.2 Å². The normalized spacial score (nSPS) is 15.6. The molecule has 0 N–H and O–H groups in total. The first-order valence-electron chi connectivity index (χ1n) is 8.78. The van der Waals surface area contributed by atoms with Gasteiger partial charge in [0.2, 0.25) is 10.0 Å². The van der Waals surface area contributed by atoms with Crippen molar-refractivity contribution in [2.75, 3.05) is 44.8 Å². The van der Waals surface area contributed by atoms with Gasteiger partial charge in [0.25, 0.3) is 0 Å². The molecule has 0 aromatic heterocycles. The highest BCUT2D eigenvalue weighted by molar-refractivity contribution is 9.10. The summed E-state index contributed by atoms with van der Waals surface area (Å²) < 4.78 is 39.4. The number of sulfonamides is 1. The Morgan fingerprint density at radius 2 is 1.74 bits per heavy atom. The van der Waals surface area contributed by atoms with Gasteiger partial charge in [-0.05, 0) is 37.3 Å².